The first-order valence-corrected chi connectivity index (χ1v) is 4.42. The van der Waals surface area contributed by atoms with Crippen molar-refractivity contribution in [3.8, 4) is 11.3 Å². The van der Waals surface area contributed by atoms with Crippen LogP contribution in [0.5, 0.6) is 0 Å². The minimum absolute atomic E-state index is 0.0653. The molecule has 0 radical (unpaired) electrons. The summed E-state index contributed by atoms with van der Waals surface area (Å²) in [6.07, 6.45) is 3.51. The Balaban J connectivity index is 2.44. The van der Waals surface area contributed by atoms with E-state index < -0.39 is 0 Å². The van der Waals surface area contributed by atoms with Crippen LogP contribution in [0.15, 0.2) is 35.0 Å². The third-order valence-corrected chi connectivity index (χ3v) is 2.10. The summed E-state index contributed by atoms with van der Waals surface area (Å²) in [6, 6.07) is 5.53. The van der Waals surface area contributed by atoms with E-state index in [-0.39, 0.29) is 6.61 Å². The van der Waals surface area contributed by atoms with Gasteiger partial charge < -0.3 is 9.52 Å². The summed E-state index contributed by atoms with van der Waals surface area (Å²) in [5.41, 5.74) is 2.08. The summed E-state index contributed by atoms with van der Waals surface area (Å²) in [6.45, 7) is 1.91. The van der Waals surface area contributed by atoms with Gasteiger partial charge in [-0.1, -0.05) is 0 Å². The molecule has 1 N–H and O–H groups in total. The Morgan fingerprint density at radius 3 is 2.86 bits per heavy atom. The summed E-state index contributed by atoms with van der Waals surface area (Å²) in [4.78, 5) is 4.01. The standard InChI is InChI=1S/C11H11NO2/c1-8-6-12-5-4-10(8)11-3-2-9(7-13)14-11/h2-6,13H,7H2,1H3. The molecule has 0 atom stereocenters. The lowest BCUT2D eigenvalue weighted by Crippen LogP contribution is -1.82. The van der Waals surface area contributed by atoms with Crippen LogP contribution in [-0.2, 0) is 6.61 Å². The number of pyridine rings is 1. The molecule has 0 aliphatic heterocycles. The molecule has 0 saturated heterocycles. The molecule has 14 heavy (non-hydrogen) atoms. The lowest BCUT2D eigenvalue weighted by Gasteiger charge is -2.00. The van der Waals surface area contributed by atoms with Crippen LogP contribution in [0.1, 0.15) is 11.3 Å². The Labute approximate surface area is 82.0 Å². The number of furan rings is 1. The van der Waals surface area contributed by atoms with Gasteiger partial charge in [0.2, 0.25) is 0 Å². The Morgan fingerprint density at radius 2 is 2.21 bits per heavy atom. The largest absolute Gasteiger partial charge is 0.459 e. The highest BCUT2D eigenvalue weighted by atomic mass is 16.4. The summed E-state index contributed by atoms with van der Waals surface area (Å²) in [5, 5.41) is 8.86. The number of aliphatic hydroxyl groups is 1. The van der Waals surface area contributed by atoms with E-state index in [9.17, 15) is 0 Å². The van der Waals surface area contributed by atoms with E-state index in [1.807, 2.05) is 19.1 Å². The fraction of sp³-hybridized carbons (Fsp3) is 0.182. The quantitative estimate of drug-likeness (QED) is 0.787. The average molecular weight is 189 g/mol. The summed E-state index contributed by atoms with van der Waals surface area (Å²) in [7, 11) is 0. The van der Waals surface area contributed by atoms with Crippen LogP contribution in [0.3, 0.4) is 0 Å². The van der Waals surface area contributed by atoms with Crippen LogP contribution in [0.2, 0.25) is 0 Å². The molecule has 0 bridgehead atoms. The van der Waals surface area contributed by atoms with Gasteiger partial charge in [-0.2, -0.15) is 0 Å². The van der Waals surface area contributed by atoms with Gasteiger partial charge in [-0.15, -0.1) is 0 Å². The van der Waals surface area contributed by atoms with Crippen molar-refractivity contribution in [3.63, 3.8) is 0 Å². The Hall–Kier alpha value is -1.61. The number of aryl methyl sites for hydroxylation is 1. The fourth-order valence-electron chi connectivity index (χ4n) is 1.36. The third kappa shape index (κ3) is 1.54. The van der Waals surface area contributed by atoms with Crippen LogP contribution >= 0.6 is 0 Å². The second kappa shape index (κ2) is 3.64. The van der Waals surface area contributed by atoms with Gasteiger partial charge in [-0.3, -0.25) is 4.98 Å². The van der Waals surface area contributed by atoms with Crippen molar-refractivity contribution in [1.29, 1.82) is 0 Å². The second-order valence-corrected chi connectivity index (χ2v) is 3.11. The number of nitrogens with zero attached hydrogens (tertiary/aromatic N) is 1. The predicted molar refractivity (Wildman–Crippen MR) is 52.6 cm³/mol. The molecule has 2 aromatic rings. The molecule has 2 aromatic heterocycles. The molecular weight excluding hydrogens is 178 g/mol. The molecule has 0 aliphatic carbocycles. The summed E-state index contributed by atoms with van der Waals surface area (Å²) >= 11 is 0. The van der Waals surface area contributed by atoms with Crippen LogP contribution in [-0.4, -0.2) is 10.1 Å². The zero-order chi connectivity index (χ0) is 9.97. The lowest BCUT2D eigenvalue weighted by molar-refractivity contribution is 0.248. The molecule has 0 aliphatic rings. The molecule has 3 heteroatoms. The number of aromatic nitrogens is 1. The van der Waals surface area contributed by atoms with Gasteiger partial charge in [0.25, 0.3) is 0 Å². The van der Waals surface area contributed by atoms with E-state index >= 15 is 0 Å². The first kappa shape index (κ1) is 8.97. The monoisotopic (exact) mass is 189 g/mol. The molecule has 2 rings (SSSR count). The molecule has 0 spiro atoms. The number of hydrogen-bond acceptors (Lipinski definition) is 3. The minimum Gasteiger partial charge on any atom is -0.459 e. The van der Waals surface area contributed by atoms with Crippen molar-refractivity contribution in [2.45, 2.75) is 13.5 Å². The van der Waals surface area contributed by atoms with Crippen molar-refractivity contribution in [2.24, 2.45) is 0 Å². The number of rotatable bonds is 2. The highest BCUT2D eigenvalue weighted by Gasteiger charge is 2.05. The maximum absolute atomic E-state index is 8.86. The van der Waals surface area contributed by atoms with E-state index in [2.05, 4.69) is 4.98 Å². The normalized spacial score (nSPS) is 10.4. The molecule has 0 unspecified atom stereocenters. The predicted octanol–water partition coefficient (Wildman–Crippen LogP) is 2.14. The van der Waals surface area contributed by atoms with Crippen molar-refractivity contribution in [3.05, 3.63) is 41.9 Å². The van der Waals surface area contributed by atoms with Gasteiger partial charge in [0, 0.05) is 18.0 Å². The Bertz CT molecular complexity index is 434. The van der Waals surface area contributed by atoms with Crippen LogP contribution in [0.25, 0.3) is 11.3 Å². The summed E-state index contributed by atoms with van der Waals surface area (Å²) < 4.78 is 5.42. The van der Waals surface area contributed by atoms with Crippen molar-refractivity contribution >= 4 is 0 Å². The maximum Gasteiger partial charge on any atom is 0.134 e. The van der Waals surface area contributed by atoms with E-state index in [0.717, 1.165) is 16.9 Å². The molecule has 0 saturated carbocycles. The van der Waals surface area contributed by atoms with Gasteiger partial charge >= 0.3 is 0 Å². The highest BCUT2D eigenvalue weighted by Crippen LogP contribution is 2.24. The van der Waals surface area contributed by atoms with Crippen LogP contribution in [0, 0.1) is 6.92 Å². The minimum atomic E-state index is -0.0653. The van der Waals surface area contributed by atoms with Crippen LogP contribution < -0.4 is 0 Å². The van der Waals surface area contributed by atoms with E-state index in [1.165, 1.54) is 0 Å². The third-order valence-electron chi connectivity index (χ3n) is 2.10. The van der Waals surface area contributed by atoms with Crippen molar-refractivity contribution in [1.82, 2.24) is 4.98 Å². The summed E-state index contributed by atoms with van der Waals surface area (Å²) in [5.74, 6) is 1.35. The van der Waals surface area contributed by atoms with Gasteiger partial charge in [0.1, 0.15) is 18.1 Å². The van der Waals surface area contributed by atoms with E-state index in [1.54, 1.807) is 18.5 Å². The number of hydrogen-bond donors (Lipinski definition) is 1. The second-order valence-electron chi connectivity index (χ2n) is 3.11. The van der Waals surface area contributed by atoms with Crippen LogP contribution in [0.4, 0.5) is 0 Å². The lowest BCUT2D eigenvalue weighted by atomic mass is 10.1. The zero-order valence-corrected chi connectivity index (χ0v) is 7.90. The average Bonchev–Trinajstić information content (AvgIpc) is 2.67. The molecule has 2 heterocycles. The highest BCUT2D eigenvalue weighted by molar-refractivity contribution is 5.60. The van der Waals surface area contributed by atoms with Gasteiger partial charge in [-0.05, 0) is 30.7 Å². The topological polar surface area (TPSA) is 46.3 Å². The molecule has 0 aromatic carbocycles. The molecule has 3 nitrogen and oxygen atoms in total. The van der Waals surface area contributed by atoms with Gasteiger partial charge in [0.05, 0.1) is 0 Å². The number of aliphatic hydroxyl groups excluding tert-OH is 1. The Morgan fingerprint density at radius 1 is 1.36 bits per heavy atom. The molecule has 72 valence electrons. The van der Waals surface area contributed by atoms with Gasteiger partial charge in [-0.25, -0.2) is 0 Å². The molecule has 0 amide bonds. The first-order chi connectivity index (χ1) is 6.81. The molecule has 0 fully saturated rings. The first-order valence-electron chi connectivity index (χ1n) is 4.42. The maximum atomic E-state index is 8.86. The van der Waals surface area contributed by atoms with E-state index in [0.29, 0.717) is 5.76 Å². The van der Waals surface area contributed by atoms with Crippen molar-refractivity contribution < 1.29 is 9.52 Å². The van der Waals surface area contributed by atoms with E-state index in [4.69, 9.17) is 9.52 Å². The zero-order valence-electron chi connectivity index (χ0n) is 7.90. The Kier molecular flexibility index (Phi) is 2.33. The van der Waals surface area contributed by atoms with Crippen molar-refractivity contribution in [2.75, 3.05) is 0 Å². The SMILES string of the molecule is Cc1cnccc1-c1ccc(CO)o1. The molecular formula is C11H11NO2. The fourth-order valence-corrected chi connectivity index (χ4v) is 1.36. The smallest absolute Gasteiger partial charge is 0.134 e. The van der Waals surface area contributed by atoms with Gasteiger partial charge in [0.15, 0.2) is 0 Å².